The van der Waals surface area contributed by atoms with Crippen LogP contribution in [0.25, 0.3) is 0 Å². The molecule has 0 bridgehead atoms. The van der Waals surface area contributed by atoms with Crippen LogP contribution in [-0.4, -0.2) is 58.0 Å². The third-order valence-electron chi connectivity index (χ3n) is 2.79. The fourth-order valence-corrected chi connectivity index (χ4v) is 2.10. The highest BCUT2D eigenvalue weighted by Crippen LogP contribution is 2.33. The highest BCUT2D eigenvalue weighted by atomic mass is 32.1. The Hall–Kier alpha value is -1.69. The van der Waals surface area contributed by atoms with E-state index >= 15 is 0 Å². The van der Waals surface area contributed by atoms with Crippen LogP contribution in [0.3, 0.4) is 0 Å². The number of rotatable bonds is 5. The van der Waals surface area contributed by atoms with Crippen molar-refractivity contribution < 1.29 is 24.9 Å². The Bertz CT molecular complexity index is 517. The van der Waals surface area contributed by atoms with Gasteiger partial charge in [0.1, 0.15) is 11.9 Å². The maximum atomic E-state index is 10.2. The molecule has 0 aromatic rings. The fraction of sp³-hybridized carbons (Fsp3) is 0.455. The minimum absolute atomic E-state index is 0.0475. The first-order valence-corrected chi connectivity index (χ1v) is 5.86. The second-order valence-electron chi connectivity index (χ2n) is 3.86. The monoisotopic (exact) mass is 284 g/mol. The van der Waals surface area contributed by atoms with Crippen molar-refractivity contribution in [3.8, 4) is 0 Å². The molecule has 1 aliphatic rings. The van der Waals surface area contributed by atoms with Crippen molar-refractivity contribution in [1.82, 2.24) is 0 Å². The number of carbonyl (C=O) groups excluding carboxylic acids is 2. The predicted molar refractivity (Wildman–Crippen MR) is 68.5 cm³/mol. The lowest BCUT2D eigenvalue weighted by Gasteiger charge is -2.34. The molecule has 102 valence electrons. The van der Waals surface area contributed by atoms with E-state index in [1.807, 2.05) is 0 Å². The molecule has 0 radical (unpaired) electrons. The SMILES string of the molecule is O=C=NCC1=CC(O)C(O)(CN=C=O)C(O)=C1CS. The van der Waals surface area contributed by atoms with Crippen LogP contribution in [0.2, 0.25) is 0 Å². The van der Waals surface area contributed by atoms with Gasteiger partial charge in [-0.15, -0.1) is 0 Å². The van der Waals surface area contributed by atoms with E-state index in [9.17, 15) is 24.9 Å². The van der Waals surface area contributed by atoms with Crippen LogP contribution in [0.1, 0.15) is 0 Å². The van der Waals surface area contributed by atoms with Gasteiger partial charge in [-0.25, -0.2) is 19.6 Å². The lowest BCUT2D eigenvalue weighted by molar-refractivity contribution is -0.0460. The molecule has 0 aromatic carbocycles. The number of aliphatic hydroxyl groups excluding tert-OH is 2. The number of aliphatic imine (C=N–C) groups is 2. The molecule has 0 heterocycles. The van der Waals surface area contributed by atoms with Crippen LogP contribution in [0.15, 0.2) is 33.0 Å². The number of hydrogen-bond acceptors (Lipinski definition) is 8. The summed E-state index contributed by atoms with van der Waals surface area (Å²) < 4.78 is 0. The first-order valence-electron chi connectivity index (χ1n) is 5.23. The second-order valence-corrected chi connectivity index (χ2v) is 4.18. The summed E-state index contributed by atoms with van der Waals surface area (Å²) in [5.74, 6) is -0.501. The van der Waals surface area contributed by atoms with Crippen LogP contribution in [0.5, 0.6) is 0 Å². The third kappa shape index (κ3) is 3.01. The van der Waals surface area contributed by atoms with Gasteiger partial charge in [-0.2, -0.15) is 12.6 Å². The van der Waals surface area contributed by atoms with E-state index in [1.54, 1.807) is 0 Å². The molecule has 1 rings (SSSR count). The van der Waals surface area contributed by atoms with Crippen molar-refractivity contribution >= 4 is 24.8 Å². The Labute approximate surface area is 114 Å². The zero-order valence-corrected chi connectivity index (χ0v) is 10.7. The van der Waals surface area contributed by atoms with Crippen LogP contribution in [-0.2, 0) is 9.59 Å². The first-order chi connectivity index (χ1) is 9.01. The molecule has 0 amide bonds. The van der Waals surface area contributed by atoms with Gasteiger partial charge >= 0.3 is 0 Å². The summed E-state index contributed by atoms with van der Waals surface area (Å²) in [4.78, 5) is 26.7. The van der Waals surface area contributed by atoms with Crippen LogP contribution < -0.4 is 0 Å². The highest BCUT2D eigenvalue weighted by molar-refractivity contribution is 7.80. The van der Waals surface area contributed by atoms with E-state index < -0.39 is 24.0 Å². The molecule has 8 heteroatoms. The van der Waals surface area contributed by atoms with Gasteiger partial charge in [-0.05, 0) is 11.6 Å². The molecule has 19 heavy (non-hydrogen) atoms. The zero-order chi connectivity index (χ0) is 14.5. The van der Waals surface area contributed by atoms with Crippen molar-refractivity contribution in [2.75, 3.05) is 18.8 Å². The Morgan fingerprint density at radius 2 is 2.00 bits per heavy atom. The van der Waals surface area contributed by atoms with E-state index in [2.05, 4.69) is 22.6 Å². The topological polar surface area (TPSA) is 120 Å². The van der Waals surface area contributed by atoms with Gasteiger partial charge in [0.05, 0.1) is 13.1 Å². The van der Waals surface area contributed by atoms with Gasteiger partial charge in [0.25, 0.3) is 0 Å². The van der Waals surface area contributed by atoms with E-state index in [0.717, 1.165) is 0 Å². The molecule has 2 atom stereocenters. The first kappa shape index (κ1) is 15.4. The Kier molecular flexibility index (Phi) is 5.23. The van der Waals surface area contributed by atoms with Crippen molar-refractivity contribution in [2.45, 2.75) is 11.7 Å². The summed E-state index contributed by atoms with van der Waals surface area (Å²) in [5, 5.41) is 30.0. The summed E-state index contributed by atoms with van der Waals surface area (Å²) in [6, 6.07) is 0. The normalized spacial score (nSPS) is 26.3. The maximum absolute atomic E-state index is 10.2. The van der Waals surface area contributed by atoms with Gasteiger partial charge in [0.15, 0.2) is 5.60 Å². The smallest absolute Gasteiger partial charge is 0.235 e. The number of aliphatic hydroxyl groups is 3. The number of hydrogen-bond donors (Lipinski definition) is 4. The molecule has 3 N–H and O–H groups in total. The van der Waals surface area contributed by atoms with Crippen LogP contribution in [0.4, 0.5) is 0 Å². The Balaban J connectivity index is 3.23. The van der Waals surface area contributed by atoms with Crippen LogP contribution in [0, 0.1) is 0 Å². The molecular weight excluding hydrogens is 272 g/mol. The molecule has 2 unspecified atom stereocenters. The molecule has 0 fully saturated rings. The van der Waals surface area contributed by atoms with Crippen LogP contribution >= 0.6 is 12.6 Å². The maximum Gasteiger partial charge on any atom is 0.235 e. The average molecular weight is 284 g/mol. The fourth-order valence-electron chi connectivity index (χ4n) is 1.75. The largest absolute Gasteiger partial charge is 0.509 e. The lowest BCUT2D eigenvalue weighted by Crippen LogP contribution is -2.49. The van der Waals surface area contributed by atoms with Gasteiger partial charge in [0, 0.05) is 11.3 Å². The summed E-state index contributed by atoms with van der Waals surface area (Å²) in [6.07, 6.45) is 2.29. The minimum Gasteiger partial charge on any atom is -0.509 e. The molecule has 7 nitrogen and oxygen atoms in total. The molecule has 0 aromatic heterocycles. The average Bonchev–Trinajstić information content (AvgIpc) is 2.40. The lowest BCUT2D eigenvalue weighted by atomic mass is 9.83. The van der Waals surface area contributed by atoms with Gasteiger partial charge < -0.3 is 15.3 Å². The molecule has 1 aliphatic carbocycles. The number of nitrogens with zero attached hydrogens (tertiary/aromatic N) is 2. The van der Waals surface area contributed by atoms with Crippen molar-refractivity contribution in [3.05, 3.63) is 23.0 Å². The summed E-state index contributed by atoms with van der Waals surface area (Å²) in [7, 11) is 0. The number of thiol groups is 1. The molecular formula is C11H12N2O5S. The molecule has 0 saturated carbocycles. The van der Waals surface area contributed by atoms with E-state index in [-0.39, 0.29) is 17.9 Å². The van der Waals surface area contributed by atoms with Crippen molar-refractivity contribution in [2.24, 2.45) is 9.98 Å². The van der Waals surface area contributed by atoms with E-state index in [0.29, 0.717) is 5.57 Å². The van der Waals surface area contributed by atoms with E-state index in [1.165, 1.54) is 18.2 Å². The van der Waals surface area contributed by atoms with Crippen molar-refractivity contribution in [3.63, 3.8) is 0 Å². The summed E-state index contributed by atoms with van der Waals surface area (Å²) >= 11 is 4.00. The van der Waals surface area contributed by atoms with Gasteiger partial charge in [0.2, 0.25) is 12.2 Å². The highest BCUT2D eigenvalue weighted by Gasteiger charge is 2.44. The minimum atomic E-state index is -2.11. The molecule has 0 aliphatic heterocycles. The summed E-state index contributed by atoms with van der Waals surface area (Å²) in [6.45, 7) is -0.644. The predicted octanol–water partition coefficient (Wildman–Crippen LogP) is -0.568. The Morgan fingerprint density at radius 3 is 2.53 bits per heavy atom. The molecule has 0 spiro atoms. The Morgan fingerprint density at radius 1 is 1.37 bits per heavy atom. The second kappa shape index (κ2) is 6.47. The van der Waals surface area contributed by atoms with Gasteiger partial charge in [-0.3, -0.25) is 0 Å². The van der Waals surface area contributed by atoms with Crippen molar-refractivity contribution in [1.29, 1.82) is 0 Å². The quantitative estimate of drug-likeness (QED) is 0.306. The van der Waals surface area contributed by atoms with E-state index in [4.69, 9.17) is 0 Å². The molecule has 0 saturated heterocycles. The number of isocyanates is 2. The third-order valence-corrected chi connectivity index (χ3v) is 3.10. The standard InChI is InChI=1S/C11H12N2O5S/c14-5-12-2-7-1-9(16)11(18,4-13-6-15)10(17)8(7)3-19/h1,9,16-19H,2-4H2. The summed E-state index contributed by atoms with van der Waals surface area (Å²) in [5.41, 5.74) is -1.54. The zero-order valence-electron chi connectivity index (χ0n) is 9.78. The van der Waals surface area contributed by atoms with Gasteiger partial charge in [-0.1, -0.05) is 0 Å².